The van der Waals surface area contributed by atoms with Gasteiger partial charge in [-0.2, -0.15) is 4.72 Å². The van der Waals surface area contributed by atoms with E-state index in [-0.39, 0.29) is 17.2 Å². The molecule has 0 aliphatic carbocycles. The second kappa shape index (κ2) is 7.68. The van der Waals surface area contributed by atoms with Crippen molar-refractivity contribution in [1.82, 2.24) is 10.0 Å². The van der Waals surface area contributed by atoms with Crippen molar-refractivity contribution in [1.29, 1.82) is 0 Å². The van der Waals surface area contributed by atoms with Gasteiger partial charge in [0.15, 0.2) is 0 Å². The largest absolute Gasteiger partial charge is 0.358 e. The fourth-order valence-electron chi connectivity index (χ4n) is 2.80. The van der Waals surface area contributed by atoms with Gasteiger partial charge in [-0.05, 0) is 34.9 Å². The first kappa shape index (κ1) is 18.1. The SMILES string of the molecule is CNC(=O)C(Cc1ccccc1)NS(=O)(=O)c1ccc2ccccc2c1. The number of likely N-dealkylation sites (N-methyl/N-ethyl adjacent to an activating group) is 1. The predicted molar refractivity (Wildman–Crippen MR) is 102 cm³/mol. The maximum atomic E-state index is 12.8. The van der Waals surface area contributed by atoms with E-state index in [1.807, 2.05) is 54.6 Å². The maximum Gasteiger partial charge on any atom is 0.241 e. The first-order valence-electron chi connectivity index (χ1n) is 8.26. The minimum absolute atomic E-state index is 0.137. The van der Waals surface area contributed by atoms with E-state index < -0.39 is 16.1 Å². The Labute approximate surface area is 153 Å². The molecule has 134 valence electrons. The lowest BCUT2D eigenvalue weighted by molar-refractivity contribution is -0.122. The molecule has 3 aromatic rings. The molecule has 3 rings (SSSR count). The van der Waals surface area contributed by atoms with Crippen molar-refractivity contribution in [2.24, 2.45) is 0 Å². The number of hydrogen-bond donors (Lipinski definition) is 2. The van der Waals surface area contributed by atoms with Gasteiger partial charge in [-0.25, -0.2) is 8.42 Å². The average Bonchev–Trinajstić information content (AvgIpc) is 2.67. The van der Waals surface area contributed by atoms with Gasteiger partial charge in [0.2, 0.25) is 15.9 Å². The third-order valence-corrected chi connectivity index (χ3v) is 5.64. The summed E-state index contributed by atoms with van der Waals surface area (Å²) < 4.78 is 28.1. The summed E-state index contributed by atoms with van der Waals surface area (Å²) in [6.45, 7) is 0. The molecule has 1 unspecified atom stereocenters. The van der Waals surface area contributed by atoms with Gasteiger partial charge in [-0.1, -0.05) is 60.7 Å². The molecule has 1 atom stereocenters. The molecule has 0 radical (unpaired) electrons. The fraction of sp³-hybridized carbons (Fsp3) is 0.150. The zero-order valence-corrected chi connectivity index (χ0v) is 15.2. The highest BCUT2D eigenvalue weighted by Crippen LogP contribution is 2.19. The Kier molecular flexibility index (Phi) is 5.35. The summed E-state index contributed by atoms with van der Waals surface area (Å²) >= 11 is 0. The Bertz CT molecular complexity index is 1020. The molecule has 6 heteroatoms. The van der Waals surface area contributed by atoms with E-state index in [1.165, 1.54) is 7.05 Å². The zero-order chi connectivity index (χ0) is 18.6. The molecule has 0 saturated carbocycles. The minimum Gasteiger partial charge on any atom is -0.358 e. The van der Waals surface area contributed by atoms with E-state index in [4.69, 9.17) is 0 Å². The highest BCUT2D eigenvalue weighted by molar-refractivity contribution is 7.89. The molecule has 0 aromatic heterocycles. The van der Waals surface area contributed by atoms with E-state index >= 15 is 0 Å². The lowest BCUT2D eigenvalue weighted by Crippen LogP contribution is -2.46. The molecule has 0 aliphatic heterocycles. The summed E-state index contributed by atoms with van der Waals surface area (Å²) in [4.78, 5) is 12.3. The molecule has 2 N–H and O–H groups in total. The third-order valence-electron chi connectivity index (χ3n) is 4.17. The van der Waals surface area contributed by atoms with Crippen molar-refractivity contribution in [2.45, 2.75) is 17.4 Å². The van der Waals surface area contributed by atoms with Gasteiger partial charge >= 0.3 is 0 Å². The van der Waals surface area contributed by atoms with Crippen molar-refractivity contribution >= 4 is 26.7 Å². The number of sulfonamides is 1. The fourth-order valence-corrected chi connectivity index (χ4v) is 4.03. The number of amides is 1. The topological polar surface area (TPSA) is 75.3 Å². The van der Waals surface area contributed by atoms with Crippen LogP contribution in [0.2, 0.25) is 0 Å². The van der Waals surface area contributed by atoms with Gasteiger partial charge in [0.25, 0.3) is 0 Å². The minimum atomic E-state index is -3.84. The van der Waals surface area contributed by atoms with Gasteiger partial charge in [0.1, 0.15) is 6.04 Å². The van der Waals surface area contributed by atoms with Gasteiger partial charge in [0.05, 0.1) is 4.90 Å². The van der Waals surface area contributed by atoms with Crippen LogP contribution in [0.3, 0.4) is 0 Å². The zero-order valence-electron chi connectivity index (χ0n) is 14.3. The summed E-state index contributed by atoms with van der Waals surface area (Å²) in [5.74, 6) is -0.377. The summed E-state index contributed by atoms with van der Waals surface area (Å²) in [5.41, 5.74) is 0.877. The van der Waals surface area contributed by atoms with Crippen LogP contribution in [0.5, 0.6) is 0 Å². The Morgan fingerprint density at radius 3 is 2.27 bits per heavy atom. The highest BCUT2D eigenvalue weighted by Gasteiger charge is 2.25. The molecule has 0 aliphatic rings. The summed E-state index contributed by atoms with van der Waals surface area (Å²) in [5, 5.41) is 4.31. The normalized spacial score (nSPS) is 12.7. The number of benzene rings is 3. The van der Waals surface area contributed by atoms with Crippen LogP contribution in [0.4, 0.5) is 0 Å². The van der Waals surface area contributed by atoms with Crippen LogP contribution in [-0.4, -0.2) is 27.4 Å². The van der Waals surface area contributed by atoms with Crippen LogP contribution < -0.4 is 10.0 Å². The molecule has 0 spiro atoms. The quantitative estimate of drug-likeness (QED) is 0.702. The number of carbonyl (C=O) groups excluding carboxylic acids is 1. The van der Waals surface area contributed by atoms with E-state index in [9.17, 15) is 13.2 Å². The molecule has 26 heavy (non-hydrogen) atoms. The van der Waals surface area contributed by atoms with Crippen molar-refractivity contribution in [2.75, 3.05) is 7.05 Å². The van der Waals surface area contributed by atoms with Crippen LogP contribution in [0.15, 0.2) is 77.7 Å². The lowest BCUT2D eigenvalue weighted by atomic mass is 10.1. The smallest absolute Gasteiger partial charge is 0.241 e. The lowest BCUT2D eigenvalue weighted by Gasteiger charge is -2.18. The monoisotopic (exact) mass is 368 g/mol. The second-order valence-electron chi connectivity index (χ2n) is 5.99. The van der Waals surface area contributed by atoms with Gasteiger partial charge in [0, 0.05) is 7.05 Å². The molecule has 0 bridgehead atoms. The van der Waals surface area contributed by atoms with Gasteiger partial charge in [-0.15, -0.1) is 0 Å². The number of rotatable bonds is 6. The van der Waals surface area contributed by atoms with Crippen LogP contribution >= 0.6 is 0 Å². The van der Waals surface area contributed by atoms with Crippen molar-refractivity contribution < 1.29 is 13.2 Å². The van der Waals surface area contributed by atoms with E-state index in [2.05, 4.69) is 10.0 Å². The van der Waals surface area contributed by atoms with E-state index in [0.29, 0.717) is 0 Å². The van der Waals surface area contributed by atoms with Crippen LogP contribution in [0, 0.1) is 0 Å². The van der Waals surface area contributed by atoms with Gasteiger partial charge in [-0.3, -0.25) is 4.79 Å². The molecule has 0 fully saturated rings. The summed E-state index contributed by atoms with van der Waals surface area (Å²) in [6, 6.07) is 20.9. The summed E-state index contributed by atoms with van der Waals surface area (Å²) in [6.07, 6.45) is 0.271. The van der Waals surface area contributed by atoms with Crippen molar-refractivity contribution in [3.63, 3.8) is 0 Å². The molecule has 0 heterocycles. The third kappa shape index (κ3) is 4.09. The number of hydrogen-bond acceptors (Lipinski definition) is 3. The molecular formula is C20H20N2O3S. The Hall–Kier alpha value is -2.70. The molecule has 5 nitrogen and oxygen atoms in total. The first-order valence-corrected chi connectivity index (χ1v) is 9.74. The Morgan fingerprint density at radius 1 is 0.923 bits per heavy atom. The average molecular weight is 368 g/mol. The number of nitrogens with one attached hydrogen (secondary N) is 2. The van der Waals surface area contributed by atoms with Crippen LogP contribution in [-0.2, 0) is 21.2 Å². The number of fused-ring (bicyclic) bond motifs is 1. The molecule has 3 aromatic carbocycles. The number of carbonyl (C=O) groups is 1. The Morgan fingerprint density at radius 2 is 1.58 bits per heavy atom. The van der Waals surface area contributed by atoms with Crippen molar-refractivity contribution in [3.8, 4) is 0 Å². The van der Waals surface area contributed by atoms with Crippen LogP contribution in [0.25, 0.3) is 10.8 Å². The van der Waals surface area contributed by atoms with Crippen molar-refractivity contribution in [3.05, 3.63) is 78.4 Å². The predicted octanol–water partition coefficient (Wildman–Crippen LogP) is 2.48. The Balaban J connectivity index is 1.89. The first-order chi connectivity index (χ1) is 12.5. The molecule has 0 saturated heterocycles. The molecular weight excluding hydrogens is 348 g/mol. The second-order valence-corrected chi connectivity index (χ2v) is 7.70. The maximum absolute atomic E-state index is 12.8. The standard InChI is InChI=1S/C20H20N2O3S/c1-21-20(23)19(13-15-7-3-2-4-8-15)22-26(24,25)18-12-11-16-9-5-6-10-17(16)14-18/h2-12,14,19,22H,13H2,1H3,(H,21,23). The summed E-state index contributed by atoms with van der Waals surface area (Å²) in [7, 11) is -2.35. The van der Waals surface area contributed by atoms with Crippen LogP contribution in [0.1, 0.15) is 5.56 Å². The van der Waals surface area contributed by atoms with Gasteiger partial charge < -0.3 is 5.32 Å². The van der Waals surface area contributed by atoms with E-state index in [1.54, 1.807) is 18.2 Å². The molecule has 1 amide bonds. The van der Waals surface area contributed by atoms with E-state index in [0.717, 1.165) is 16.3 Å². The highest BCUT2D eigenvalue weighted by atomic mass is 32.2.